The summed E-state index contributed by atoms with van der Waals surface area (Å²) < 4.78 is 39.8. The number of alkyl halides is 3. The quantitative estimate of drug-likeness (QED) is 0.838. The van der Waals surface area contributed by atoms with Crippen LogP contribution in [0.2, 0.25) is 0 Å². The molecule has 1 heterocycles. The molecule has 2 aromatic rings. The Morgan fingerprint density at radius 2 is 1.75 bits per heavy atom. The van der Waals surface area contributed by atoms with Crippen molar-refractivity contribution < 1.29 is 13.2 Å². The van der Waals surface area contributed by atoms with Crippen molar-refractivity contribution in [3.05, 3.63) is 53.1 Å². The monoisotopic (exact) mass is 336 g/mol. The average Bonchev–Trinajstić information content (AvgIpc) is 2.57. The fourth-order valence-electron chi connectivity index (χ4n) is 3.29. The lowest BCUT2D eigenvalue weighted by Gasteiger charge is -2.30. The number of nitrogens with zero attached hydrogens (tertiary/aromatic N) is 2. The van der Waals surface area contributed by atoms with Gasteiger partial charge in [-0.3, -0.25) is 4.79 Å². The van der Waals surface area contributed by atoms with Crippen molar-refractivity contribution in [1.29, 1.82) is 0 Å². The molecule has 1 fully saturated rings. The number of aromatic nitrogens is 2. The molecule has 0 saturated heterocycles. The van der Waals surface area contributed by atoms with Gasteiger partial charge in [-0.15, -0.1) is 0 Å². The Balaban J connectivity index is 1.71. The van der Waals surface area contributed by atoms with Gasteiger partial charge in [0.1, 0.15) is 0 Å². The summed E-state index contributed by atoms with van der Waals surface area (Å²) in [6, 6.07) is 9.51. The second kappa shape index (κ2) is 6.79. The lowest BCUT2D eigenvalue weighted by Crippen LogP contribution is -2.31. The standard InChI is InChI=1S/C18H19F3N2O/c19-18(20,21)15-8-6-13(7-9-15)11-23-12-16(22-10-17(23)24)14-4-2-1-3-5-14/h1-5,10,12-13,15H,6-9,11H2. The molecule has 0 unspecified atom stereocenters. The summed E-state index contributed by atoms with van der Waals surface area (Å²) in [6.07, 6.45) is 0.189. The van der Waals surface area contributed by atoms with Crippen LogP contribution in [0.1, 0.15) is 25.7 Å². The molecule has 128 valence electrons. The van der Waals surface area contributed by atoms with E-state index >= 15 is 0 Å². The molecule has 24 heavy (non-hydrogen) atoms. The summed E-state index contributed by atoms with van der Waals surface area (Å²) in [6.45, 7) is 0.450. The van der Waals surface area contributed by atoms with E-state index in [1.54, 1.807) is 10.8 Å². The minimum absolute atomic E-state index is 0.104. The van der Waals surface area contributed by atoms with Crippen molar-refractivity contribution in [2.45, 2.75) is 38.4 Å². The van der Waals surface area contributed by atoms with Crippen molar-refractivity contribution in [3.8, 4) is 11.3 Å². The first kappa shape index (κ1) is 16.7. The fourth-order valence-corrected chi connectivity index (χ4v) is 3.29. The zero-order valence-corrected chi connectivity index (χ0v) is 13.2. The van der Waals surface area contributed by atoms with Crippen molar-refractivity contribution in [1.82, 2.24) is 9.55 Å². The summed E-state index contributed by atoms with van der Waals surface area (Å²) in [4.78, 5) is 16.2. The van der Waals surface area contributed by atoms with Crippen LogP contribution in [0.25, 0.3) is 11.3 Å². The van der Waals surface area contributed by atoms with Crippen LogP contribution in [0, 0.1) is 11.8 Å². The normalized spacial score (nSPS) is 21.6. The maximum absolute atomic E-state index is 12.7. The highest BCUT2D eigenvalue weighted by molar-refractivity contribution is 5.57. The highest BCUT2D eigenvalue weighted by Gasteiger charge is 2.41. The van der Waals surface area contributed by atoms with Crippen LogP contribution < -0.4 is 5.56 Å². The molecule has 1 aliphatic rings. The Kier molecular flexibility index (Phi) is 4.73. The average molecular weight is 336 g/mol. The Labute approximate surface area is 138 Å². The van der Waals surface area contributed by atoms with Gasteiger partial charge >= 0.3 is 6.18 Å². The Morgan fingerprint density at radius 1 is 1.08 bits per heavy atom. The largest absolute Gasteiger partial charge is 0.391 e. The lowest BCUT2D eigenvalue weighted by molar-refractivity contribution is -0.184. The topological polar surface area (TPSA) is 34.9 Å². The summed E-state index contributed by atoms with van der Waals surface area (Å²) in [5.41, 5.74) is 1.39. The van der Waals surface area contributed by atoms with Crippen LogP contribution in [-0.2, 0) is 6.54 Å². The van der Waals surface area contributed by atoms with E-state index in [2.05, 4.69) is 4.98 Å². The molecule has 6 heteroatoms. The summed E-state index contributed by atoms with van der Waals surface area (Å²) in [5.74, 6) is -1.09. The van der Waals surface area contributed by atoms with E-state index in [1.165, 1.54) is 6.20 Å². The molecule has 0 radical (unpaired) electrons. The van der Waals surface area contributed by atoms with E-state index < -0.39 is 12.1 Å². The maximum Gasteiger partial charge on any atom is 0.391 e. The van der Waals surface area contributed by atoms with E-state index in [1.807, 2.05) is 30.3 Å². The molecule has 1 aromatic heterocycles. The SMILES string of the molecule is O=c1cnc(-c2ccccc2)cn1CC1CCC(C(F)(F)F)CC1. The molecule has 1 aliphatic carbocycles. The van der Waals surface area contributed by atoms with Crippen molar-refractivity contribution in [2.75, 3.05) is 0 Å². The molecule has 0 N–H and O–H groups in total. The summed E-state index contributed by atoms with van der Waals surface area (Å²) in [7, 11) is 0. The van der Waals surface area contributed by atoms with Gasteiger partial charge in [-0.05, 0) is 31.6 Å². The van der Waals surface area contributed by atoms with Gasteiger partial charge in [-0.2, -0.15) is 13.2 Å². The molecule has 1 saturated carbocycles. The molecule has 0 amide bonds. The zero-order chi connectivity index (χ0) is 17.2. The molecular weight excluding hydrogens is 317 g/mol. The minimum Gasteiger partial charge on any atom is -0.312 e. The third-order valence-electron chi connectivity index (χ3n) is 4.71. The first-order chi connectivity index (χ1) is 11.4. The van der Waals surface area contributed by atoms with Gasteiger partial charge in [0.05, 0.1) is 17.8 Å². The van der Waals surface area contributed by atoms with Crippen molar-refractivity contribution in [3.63, 3.8) is 0 Å². The molecule has 0 atom stereocenters. The van der Waals surface area contributed by atoms with Gasteiger partial charge in [0, 0.05) is 18.3 Å². The predicted molar refractivity (Wildman–Crippen MR) is 85.4 cm³/mol. The smallest absolute Gasteiger partial charge is 0.312 e. The molecular formula is C18H19F3N2O. The van der Waals surface area contributed by atoms with Crippen molar-refractivity contribution in [2.24, 2.45) is 11.8 Å². The fraction of sp³-hybridized carbons (Fsp3) is 0.444. The number of rotatable bonds is 3. The zero-order valence-electron chi connectivity index (χ0n) is 13.2. The Bertz CT molecular complexity index is 732. The second-order valence-corrected chi connectivity index (χ2v) is 6.39. The Morgan fingerprint density at radius 3 is 2.38 bits per heavy atom. The summed E-state index contributed by atoms with van der Waals surface area (Å²) in [5, 5.41) is 0. The highest BCUT2D eigenvalue weighted by Crippen LogP contribution is 2.39. The van der Waals surface area contributed by atoms with Gasteiger partial charge in [-0.1, -0.05) is 30.3 Å². The van der Waals surface area contributed by atoms with Gasteiger partial charge < -0.3 is 4.57 Å². The van der Waals surface area contributed by atoms with Gasteiger partial charge in [0.2, 0.25) is 0 Å². The van der Waals surface area contributed by atoms with Crippen molar-refractivity contribution >= 4 is 0 Å². The van der Waals surface area contributed by atoms with Crippen LogP contribution in [-0.4, -0.2) is 15.7 Å². The Hall–Kier alpha value is -2.11. The van der Waals surface area contributed by atoms with Crippen LogP contribution in [0.3, 0.4) is 0 Å². The molecule has 0 bridgehead atoms. The van der Waals surface area contributed by atoms with Gasteiger partial charge in [0.15, 0.2) is 0 Å². The number of hydrogen-bond donors (Lipinski definition) is 0. The number of benzene rings is 1. The van der Waals surface area contributed by atoms with Crippen LogP contribution >= 0.6 is 0 Å². The molecule has 1 aromatic carbocycles. The molecule has 3 nitrogen and oxygen atoms in total. The minimum atomic E-state index is -4.10. The number of halogens is 3. The number of hydrogen-bond acceptors (Lipinski definition) is 2. The van der Waals surface area contributed by atoms with Crippen LogP contribution in [0.4, 0.5) is 13.2 Å². The third-order valence-corrected chi connectivity index (χ3v) is 4.71. The van der Waals surface area contributed by atoms with Crippen LogP contribution in [0.15, 0.2) is 47.5 Å². The molecule has 0 spiro atoms. The lowest BCUT2D eigenvalue weighted by atomic mass is 9.81. The molecule has 3 rings (SSSR count). The van der Waals surface area contributed by atoms with E-state index in [-0.39, 0.29) is 24.3 Å². The highest BCUT2D eigenvalue weighted by atomic mass is 19.4. The van der Waals surface area contributed by atoms with Gasteiger partial charge in [0.25, 0.3) is 5.56 Å². The van der Waals surface area contributed by atoms with E-state index in [9.17, 15) is 18.0 Å². The first-order valence-corrected chi connectivity index (χ1v) is 8.12. The summed E-state index contributed by atoms with van der Waals surface area (Å²) >= 11 is 0. The first-order valence-electron chi connectivity index (χ1n) is 8.12. The third kappa shape index (κ3) is 3.86. The van der Waals surface area contributed by atoms with Gasteiger partial charge in [-0.25, -0.2) is 4.98 Å². The molecule has 0 aliphatic heterocycles. The van der Waals surface area contributed by atoms with E-state index in [4.69, 9.17) is 0 Å². The maximum atomic E-state index is 12.7. The van der Waals surface area contributed by atoms with E-state index in [0.29, 0.717) is 25.1 Å². The van der Waals surface area contributed by atoms with Crippen LogP contribution in [0.5, 0.6) is 0 Å². The second-order valence-electron chi connectivity index (χ2n) is 6.39. The predicted octanol–water partition coefficient (Wildman–Crippen LogP) is 4.28. The van der Waals surface area contributed by atoms with E-state index in [0.717, 1.165) is 5.56 Å².